The smallest absolute Gasteiger partial charge is 0.287 e. The van der Waals surface area contributed by atoms with E-state index >= 15 is 0 Å². The fourth-order valence-corrected chi connectivity index (χ4v) is 2.72. The van der Waals surface area contributed by atoms with Crippen LogP contribution in [0.25, 0.3) is 0 Å². The summed E-state index contributed by atoms with van der Waals surface area (Å²) in [5, 5.41) is 6.65. The topological polar surface area (TPSA) is 64.0 Å². The third-order valence-corrected chi connectivity index (χ3v) is 4.07. The number of halogens is 5. The summed E-state index contributed by atoms with van der Waals surface area (Å²) in [5.41, 5.74) is -0.497. The van der Waals surface area contributed by atoms with Gasteiger partial charge in [-0.3, -0.25) is 9.59 Å². The van der Waals surface area contributed by atoms with Crippen molar-refractivity contribution in [2.45, 2.75) is 6.54 Å². The van der Waals surface area contributed by atoms with Crippen LogP contribution >= 0.6 is 58.0 Å². The summed E-state index contributed by atoms with van der Waals surface area (Å²) in [5.74, 6) is -0.570. The molecule has 2 rings (SSSR count). The molecule has 1 N–H and O–H groups in total. The second-order valence-electron chi connectivity index (χ2n) is 4.06. The van der Waals surface area contributed by atoms with E-state index in [2.05, 4.69) is 10.4 Å². The lowest BCUT2D eigenvalue weighted by Gasteiger charge is -2.10. The minimum atomic E-state index is -0.683. The van der Waals surface area contributed by atoms with E-state index in [1.807, 2.05) is 0 Å². The molecule has 0 spiro atoms. The first-order chi connectivity index (χ1) is 10.3. The van der Waals surface area contributed by atoms with Gasteiger partial charge in [-0.25, -0.2) is 4.68 Å². The van der Waals surface area contributed by atoms with E-state index in [-0.39, 0.29) is 32.3 Å². The molecule has 5 nitrogen and oxygen atoms in total. The van der Waals surface area contributed by atoms with Crippen LogP contribution < -0.4 is 10.9 Å². The number of amides is 1. The normalized spacial score (nSPS) is 10.6. The molecule has 0 radical (unpaired) electrons. The van der Waals surface area contributed by atoms with Crippen LogP contribution in [0, 0.1) is 0 Å². The van der Waals surface area contributed by atoms with Crippen molar-refractivity contribution in [2.24, 2.45) is 0 Å². The van der Waals surface area contributed by atoms with E-state index in [1.54, 1.807) is 0 Å². The fourth-order valence-electron chi connectivity index (χ4n) is 1.53. The molecule has 10 heteroatoms. The zero-order chi connectivity index (χ0) is 16.4. The largest absolute Gasteiger partial charge is 0.322 e. The first-order valence-corrected chi connectivity index (χ1v) is 7.54. The SMILES string of the molecule is O=C(Cn1ncc(Cl)c(Cl)c1=O)Nc1c(Cl)cc(Cl)cc1Cl. The number of rotatable bonds is 3. The number of nitrogens with zero attached hydrogens (tertiary/aromatic N) is 2. The number of anilines is 1. The van der Waals surface area contributed by atoms with Crippen molar-refractivity contribution in [1.29, 1.82) is 0 Å². The average molecular weight is 401 g/mol. The third kappa shape index (κ3) is 3.86. The lowest BCUT2D eigenvalue weighted by Crippen LogP contribution is -2.30. The summed E-state index contributed by atoms with van der Waals surface area (Å²) in [7, 11) is 0. The van der Waals surface area contributed by atoms with Gasteiger partial charge in [-0.05, 0) is 12.1 Å². The molecule has 0 bridgehead atoms. The number of benzene rings is 1. The first kappa shape index (κ1) is 17.4. The molecule has 1 heterocycles. The van der Waals surface area contributed by atoms with Crippen molar-refractivity contribution < 1.29 is 4.79 Å². The van der Waals surface area contributed by atoms with Gasteiger partial charge in [0.15, 0.2) is 0 Å². The van der Waals surface area contributed by atoms with Gasteiger partial charge >= 0.3 is 0 Å². The van der Waals surface area contributed by atoms with Gasteiger partial charge in [-0.15, -0.1) is 0 Å². The van der Waals surface area contributed by atoms with Crippen molar-refractivity contribution >= 4 is 69.6 Å². The number of carbonyl (C=O) groups is 1. The summed E-state index contributed by atoms with van der Waals surface area (Å²) in [4.78, 5) is 23.8. The van der Waals surface area contributed by atoms with Crippen molar-refractivity contribution in [1.82, 2.24) is 9.78 Å². The van der Waals surface area contributed by atoms with Gasteiger partial charge in [0.05, 0.1) is 27.0 Å². The van der Waals surface area contributed by atoms with Crippen LogP contribution in [0.5, 0.6) is 0 Å². The molecule has 0 aliphatic carbocycles. The number of aromatic nitrogens is 2. The van der Waals surface area contributed by atoms with Gasteiger partial charge in [0, 0.05) is 5.02 Å². The first-order valence-electron chi connectivity index (χ1n) is 5.65. The summed E-state index contributed by atoms with van der Waals surface area (Å²) < 4.78 is 0.862. The summed E-state index contributed by atoms with van der Waals surface area (Å²) >= 11 is 29.0. The lowest BCUT2D eigenvalue weighted by atomic mass is 10.3. The van der Waals surface area contributed by atoms with E-state index in [9.17, 15) is 9.59 Å². The van der Waals surface area contributed by atoms with E-state index in [0.717, 1.165) is 4.68 Å². The maximum absolute atomic E-state index is 12.0. The predicted molar refractivity (Wildman–Crippen MR) is 88.6 cm³/mol. The Bertz CT molecular complexity index is 783. The van der Waals surface area contributed by atoms with Gasteiger partial charge in [-0.1, -0.05) is 58.0 Å². The zero-order valence-corrected chi connectivity index (χ0v) is 14.3. The zero-order valence-electron chi connectivity index (χ0n) is 10.5. The molecule has 0 saturated carbocycles. The lowest BCUT2D eigenvalue weighted by molar-refractivity contribution is -0.117. The maximum atomic E-state index is 12.0. The number of hydrogen-bond acceptors (Lipinski definition) is 3. The van der Waals surface area contributed by atoms with Crippen LogP contribution in [-0.2, 0) is 11.3 Å². The molecule has 1 aromatic carbocycles. The highest BCUT2D eigenvalue weighted by atomic mass is 35.5. The van der Waals surface area contributed by atoms with Crippen LogP contribution in [-0.4, -0.2) is 15.7 Å². The van der Waals surface area contributed by atoms with Gasteiger partial charge < -0.3 is 5.32 Å². The molecule has 0 aliphatic rings. The van der Waals surface area contributed by atoms with E-state index in [0.29, 0.717) is 5.02 Å². The standard InChI is InChI=1S/C12H6Cl5N3O2/c13-5-1-6(14)11(7(15)2-5)19-9(21)4-20-12(22)10(17)8(16)3-18-20/h1-3H,4H2,(H,19,21). The summed E-state index contributed by atoms with van der Waals surface area (Å²) in [6, 6.07) is 2.85. The number of nitrogens with one attached hydrogen (secondary N) is 1. The molecule has 116 valence electrons. The second-order valence-corrected chi connectivity index (χ2v) is 6.10. The fraction of sp³-hybridized carbons (Fsp3) is 0.0833. The summed E-state index contributed by atoms with van der Waals surface area (Å²) in [6.45, 7) is -0.384. The van der Waals surface area contributed by atoms with Gasteiger partial charge in [0.25, 0.3) is 5.56 Å². The van der Waals surface area contributed by atoms with Crippen LogP contribution in [0.3, 0.4) is 0 Å². The highest BCUT2D eigenvalue weighted by Crippen LogP contribution is 2.33. The van der Waals surface area contributed by atoms with Crippen molar-refractivity contribution in [3.8, 4) is 0 Å². The molecule has 0 aliphatic heterocycles. The highest BCUT2D eigenvalue weighted by molar-refractivity contribution is 6.42. The third-order valence-electron chi connectivity index (χ3n) is 2.51. The van der Waals surface area contributed by atoms with Crippen LogP contribution in [0.15, 0.2) is 23.1 Å². The Morgan fingerprint density at radius 2 is 1.68 bits per heavy atom. The van der Waals surface area contributed by atoms with Crippen LogP contribution in [0.1, 0.15) is 0 Å². The van der Waals surface area contributed by atoms with E-state index < -0.39 is 11.5 Å². The molecule has 0 saturated heterocycles. The number of carbonyl (C=O) groups excluding carboxylic acids is 1. The van der Waals surface area contributed by atoms with Crippen LogP contribution in [0.4, 0.5) is 5.69 Å². The van der Waals surface area contributed by atoms with Gasteiger partial charge in [-0.2, -0.15) is 5.10 Å². The molecular weight excluding hydrogens is 395 g/mol. The molecular formula is C12H6Cl5N3O2. The predicted octanol–water partition coefficient (Wildman–Crippen LogP) is 4.15. The van der Waals surface area contributed by atoms with Crippen LogP contribution in [0.2, 0.25) is 25.1 Å². The Hall–Kier alpha value is -0.980. The monoisotopic (exact) mass is 399 g/mol. The minimum absolute atomic E-state index is 0.00659. The van der Waals surface area contributed by atoms with Gasteiger partial charge in [0.1, 0.15) is 11.6 Å². The minimum Gasteiger partial charge on any atom is -0.322 e. The summed E-state index contributed by atoms with van der Waals surface area (Å²) in [6.07, 6.45) is 1.17. The quantitative estimate of drug-likeness (QED) is 0.840. The maximum Gasteiger partial charge on any atom is 0.287 e. The second kappa shape index (κ2) is 7.06. The Morgan fingerprint density at radius 1 is 1.09 bits per heavy atom. The average Bonchev–Trinajstić information content (AvgIpc) is 2.43. The van der Waals surface area contributed by atoms with Crippen molar-refractivity contribution in [3.05, 3.63) is 53.8 Å². The Balaban J connectivity index is 2.22. The molecule has 0 atom stereocenters. The molecule has 2 aromatic rings. The molecule has 0 fully saturated rings. The molecule has 0 unspecified atom stereocenters. The molecule has 1 amide bonds. The Labute approximate surface area is 149 Å². The van der Waals surface area contributed by atoms with E-state index in [1.165, 1.54) is 18.3 Å². The van der Waals surface area contributed by atoms with Crippen molar-refractivity contribution in [3.63, 3.8) is 0 Å². The molecule has 1 aromatic heterocycles. The van der Waals surface area contributed by atoms with E-state index in [4.69, 9.17) is 58.0 Å². The number of hydrogen-bond donors (Lipinski definition) is 1. The Morgan fingerprint density at radius 3 is 2.27 bits per heavy atom. The van der Waals surface area contributed by atoms with Crippen molar-refractivity contribution in [2.75, 3.05) is 5.32 Å². The highest BCUT2D eigenvalue weighted by Gasteiger charge is 2.14. The molecule has 22 heavy (non-hydrogen) atoms. The Kier molecular flexibility index (Phi) is 5.58. The van der Waals surface area contributed by atoms with Gasteiger partial charge in [0.2, 0.25) is 5.91 Å².